The van der Waals surface area contributed by atoms with Crippen LogP contribution in [0.25, 0.3) is 5.69 Å². The monoisotopic (exact) mass is 364 g/mol. The van der Waals surface area contributed by atoms with Crippen molar-refractivity contribution in [2.75, 3.05) is 31.0 Å². The second-order valence-electron chi connectivity index (χ2n) is 7.07. The van der Waals surface area contributed by atoms with Crippen molar-refractivity contribution in [3.05, 3.63) is 59.3 Å². The zero-order chi connectivity index (χ0) is 19.1. The van der Waals surface area contributed by atoms with Gasteiger partial charge in [0.2, 0.25) is 11.8 Å². The predicted octanol–water partition coefficient (Wildman–Crippen LogP) is 3.48. The molecule has 0 bridgehead atoms. The predicted molar refractivity (Wildman–Crippen MR) is 107 cm³/mol. The third-order valence-electron chi connectivity index (χ3n) is 5.06. The van der Waals surface area contributed by atoms with Gasteiger partial charge in [0, 0.05) is 32.9 Å². The molecule has 140 valence electrons. The van der Waals surface area contributed by atoms with Crippen LogP contribution in [-0.2, 0) is 13.1 Å². The van der Waals surface area contributed by atoms with E-state index in [4.69, 9.17) is 4.74 Å². The van der Waals surface area contributed by atoms with Gasteiger partial charge in [-0.1, -0.05) is 12.1 Å². The molecule has 1 aliphatic heterocycles. The van der Waals surface area contributed by atoms with Gasteiger partial charge < -0.3 is 19.6 Å². The molecule has 2 heterocycles. The number of imidazole rings is 1. The molecular formula is C21H24N4O2. The maximum Gasteiger partial charge on any atom is 0.234 e. The van der Waals surface area contributed by atoms with Gasteiger partial charge in [-0.2, -0.15) is 4.98 Å². The van der Waals surface area contributed by atoms with Crippen molar-refractivity contribution in [3.63, 3.8) is 0 Å². The molecule has 6 nitrogen and oxygen atoms in total. The minimum atomic E-state index is 0.0780. The number of benzene rings is 2. The number of nitrogens with zero attached hydrogens (tertiary/aromatic N) is 4. The summed E-state index contributed by atoms with van der Waals surface area (Å²) in [7, 11) is 5.75. The minimum Gasteiger partial charge on any atom is -0.497 e. The Morgan fingerprint density at radius 1 is 1.15 bits per heavy atom. The van der Waals surface area contributed by atoms with Gasteiger partial charge in [-0.05, 0) is 48.4 Å². The van der Waals surface area contributed by atoms with Crippen LogP contribution in [0.5, 0.6) is 11.6 Å². The molecule has 1 aliphatic rings. The highest BCUT2D eigenvalue weighted by atomic mass is 16.5. The Morgan fingerprint density at radius 3 is 2.56 bits per heavy atom. The number of fused-ring (bicyclic) bond motifs is 3. The van der Waals surface area contributed by atoms with Gasteiger partial charge in [0.25, 0.3) is 0 Å². The van der Waals surface area contributed by atoms with E-state index in [1.54, 1.807) is 7.11 Å². The van der Waals surface area contributed by atoms with Gasteiger partial charge in [-0.3, -0.25) is 4.57 Å². The van der Waals surface area contributed by atoms with Crippen LogP contribution in [-0.4, -0.2) is 35.9 Å². The fraction of sp³-hybridized carbons (Fsp3) is 0.286. The van der Waals surface area contributed by atoms with E-state index in [2.05, 4.69) is 45.1 Å². The second kappa shape index (κ2) is 6.54. The van der Waals surface area contributed by atoms with E-state index in [-0.39, 0.29) is 5.88 Å². The van der Waals surface area contributed by atoms with E-state index >= 15 is 0 Å². The SMILES string of the molecule is COc1ccc(CN2Cc3cc(N(C)C)ccc3-n3c2nc(O)c3C)cc1. The first kappa shape index (κ1) is 17.3. The van der Waals surface area contributed by atoms with Gasteiger partial charge in [0.15, 0.2) is 0 Å². The Hall–Kier alpha value is -3.15. The molecule has 0 radical (unpaired) electrons. The first-order chi connectivity index (χ1) is 13.0. The molecule has 1 aromatic heterocycles. The number of aromatic hydroxyl groups is 1. The third-order valence-corrected chi connectivity index (χ3v) is 5.06. The summed E-state index contributed by atoms with van der Waals surface area (Å²) in [6.07, 6.45) is 0. The highest BCUT2D eigenvalue weighted by molar-refractivity contribution is 5.62. The maximum absolute atomic E-state index is 10.2. The fourth-order valence-electron chi connectivity index (χ4n) is 3.53. The van der Waals surface area contributed by atoms with Crippen molar-refractivity contribution >= 4 is 11.6 Å². The maximum atomic E-state index is 10.2. The Morgan fingerprint density at radius 2 is 1.89 bits per heavy atom. The summed E-state index contributed by atoms with van der Waals surface area (Å²) >= 11 is 0. The van der Waals surface area contributed by atoms with Crippen LogP contribution in [0.2, 0.25) is 0 Å². The van der Waals surface area contributed by atoms with Gasteiger partial charge in [0.05, 0.1) is 18.5 Å². The molecule has 0 spiro atoms. The van der Waals surface area contributed by atoms with Crippen LogP contribution in [0.4, 0.5) is 11.6 Å². The molecule has 0 fully saturated rings. The Kier molecular flexibility index (Phi) is 4.18. The zero-order valence-corrected chi connectivity index (χ0v) is 16.1. The Balaban J connectivity index is 1.75. The lowest BCUT2D eigenvalue weighted by Gasteiger charge is -2.32. The molecule has 4 rings (SSSR count). The summed E-state index contributed by atoms with van der Waals surface area (Å²) in [5.74, 6) is 1.69. The number of rotatable bonds is 4. The number of anilines is 2. The smallest absolute Gasteiger partial charge is 0.234 e. The van der Waals surface area contributed by atoms with Crippen LogP contribution < -0.4 is 14.5 Å². The van der Waals surface area contributed by atoms with Gasteiger partial charge >= 0.3 is 0 Å². The number of ether oxygens (including phenoxy) is 1. The number of aromatic nitrogens is 2. The Bertz CT molecular complexity index is 977. The molecule has 0 saturated heterocycles. The molecule has 3 aromatic rings. The molecule has 0 aliphatic carbocycles. The molecule has 27 heavy (non-hydrogen) atoms. The van der Waals surface area contributed by atoms with Crippen molar-refractivity contribution in [1.29, 1.82) is 0 Å². The quantitative estimate of drug-likeness (QED) is 0.768. The van der Waals surface area contributed by atoms with E-state index in [1.807, 2.05) is 37.7 Å². The molecule has 0 saturated carbocycles. The highest BCUT2D eigenvalue weighted by Crippen LogP contribution is 2.37. The summed E-state index contributed by atoms with van der Waals surface area (Å²) < 4.78 is 7.29. The zero-order valence-electron chi connectivity index (χ0n) is 16.1. The van der Waals surface area contributed by atoms with Crippen LogP contribution in [0.3, 0.4) is 0 Å². The lowest BCUT2D eigenvalue weighted by molar-refractivity contribution is 0.414. The van der Waals surface area contributed by atoms with E-state index in [0.717, 1.165) is 40.9 Å². The molecule has 0 amide bonds. The molecule has 2 aromatic carbocycles. The fourth-order valence-corrected chi connectivity index (χ4v) is 3.53. The summed E-state index contributed by atoms with van der Waals surface area (Å²) in [6, 6.07) is 14.5. The number of hydrogen-bond donors (Lipinski definition) is 1. The van der Waals surface area contributed by atoms with E-state index in [1.165, 1.54) is 5.56 Å². The average Bonchev–Trinajstić information content (AvgIpc) is 2.97. The summed E-state index contributed by atoms with van der Waals surface area (Å²) in [4.78, 5) is 8.72. The number of hydrogen-bond acceptors (Lipinski definition) is 5. The molecule has 0 unspecified atom stereocenters. The standard InChI is InChI=1S/C21H24N4O2/c1-14-20(26)22-21-24(12-15-5-8-18(27-4)9-6-15)13-16-11-17(23(2)3)7-10-19(16)25(14)21/h5-11,26H,12-13H2,1-4H3. The average molecular weight is 364 g/mol. The third kappa shape index (κ3) is 2.97. The lowest BCUT2D eigenvalue weighted by atomic mass is 10.1. The topological polar surface area (TPSA) is 53.8 Å². The van der Waals surface area contributed by atoms with Crippen LogP contribution in [0.15, 0.2) is 42.5 Å². The molecular weight excluding hydrogens is 340 g/mol. The number of methoxy groups -OCH3 is 1. The lowest BCUT2D eigenvalue weighted by Crippen LogP contribution is -2.30. The largest absolute Gasteiger partial charge is 0.497 e. The minimum absolute atomic E-state index is 0.0780. The van der Waals surface area contributed by atoms with E-state index in [0.29, 0.717) is 6.54 Å². The second-order valence-corrected chi connectivity index (χ2v) is 7.07. The van der Waals surface area contributed by atoms with Gasteiger partial charge in [0.1, 0.15) is 5.75 Å². The van der Waals surface area contributed by atoms with E-state index < -0.39 is 0 Å². The van der Waals surface area contributed by atoms with Crippen molar-refractivity contribution in [1.82, 2.24) is 9.55 Å². The first-order valence-electron chi connectivity index (χ1n) is 8.94. The van der Waals surface area contributed by atoms with E-state index in [9.17, 15) is 5.11 Å². The van der Waals surface area contributed by atoms with Crippen molar-refractivity contribution in [2.45, 2.75) is 20.0 Å². The van der Waals surface area contributed by atoms with Gasteiger partial charge in [-0.15, -0.1) is 0 Å². The molecule has 6 heteroatoms. The first-order valence-corrected chi connectivity index (χ1v) is 8.94. The summed E-state index contributed by atoms with van der Waals surface area (Å²) in [6.45, 7) is 3.33. The van der Waals surface area contributed by atoms with Crippen LogP contribution >= 0.6 is 0 Å². The van der Waals surface area contributed by atoms with Crippen molar-refractivity contribution in [2.24, 2.45) is 0 Å². The Labute approximate surface area is 159 Å². The summed E-state index contributed by atoms with van der Waals surface area (Å²) in [5, 5.41) is 10.2. The summed E-state index contributed by atoms with van der Waals surface area (Å²) in [5.41, 5.74) is 5.36. The molecule has 1 N–H and O–H groups in total. The van der Waals surface area contributed by atoms with Crippen molar-refractivity contribution < 1.29 is 9.84 Å². The highest BCUT2D eigenvalue weighted by Gasteiger charge is 2.27. The van der Waals surface area contributed by atoms with Crippen LogP contribution in [0, 0.1) is 6.92 Å². The normalized spacial score (nSPS) is 12.5. The van der Waals surface area contributed by atoms with Gasteiger partial charge in [-0.25, -0.2) is 0 Å². The van der Waals surface area contributed by atoms with Crippen molar-refractivity contribution in [3.8, 4) is 17.3 Å². The molecule has 0 atom stereocenters. The van der Waals surface area contributed by atoms with Crippen LogP contribution in [0.1, 0.15) is 16.8 Å².